The van der Waals surface area contributed by atoms with Crippen LogP contribution in [0.3, 0.4) is 0 Å². The molecule has 2 aromatic heterocycles. The Morgan fingerprint density at radius 2 is 1.96 bits per heavy atom. The first-order chi connectivity index (χ1) is 11.2. The van der Waals surface area contributed by atoms with E-state index in [0.29, 0.717) is 17.3 Å². The van der Waals surface area contributed by atoms with Crippen LogP contribution in [0.1, 0.15) is 0 Å². The van der Waals surface area contributed by atoms with Gasteiger partial charge in [-0.1, -0.05) is 11.2 Å². The van der Waals surface area contributed by atoms with Crippen molar-refractivity contribution >= 4 is 10.9 Å². The Morgan fingerprint density at radius 3 is 2.78 bits per heavy atom. The summed E-state index contributed by atoms with van der Waals surface area (Å²) in [7, 11) is 1.42. The maximum Gasteiger partial charge on any atom is 0.258 e. The zero-order chi connectivity index (χ0) is 15.8. The van der Waals surface area contributed by atoms with Crippen LogP contribution in [-0.2, 0) is 0 Å². The van der Waals surface area contributed by atoms with E-state index < -0.39 is 5.82 Å². The number of hydrogen-bond donors (Lipinski definition) is 1. The van der Waals surface area contributed by atoms with Gasteiger partial charge in [-0.25, -0.2) is 4.39 Å². The molecule has 0 saturated heterocycles. The standard InChI is InChI=1S/C17H12FN3O2/c1-22-15-5-4-11(8-13(15)18)16-20-17(23-21-16)12-3-2-10-6-7-19-14(10)9-12/h2-9,19H,1H3. The van der Waals surface area contributed by atoms with Crippen LogP contribution in [0.5, 0.6) is 5.75 Å². The molecular weight excluding hydrogens is 297 g/mol. The number of nitrogens with zero attached hydrogens (tertiary/aromatic N) is 2. The third kappa shape index (κ3) is 2.34. The van der Waals surface area contributed by atoms with Crippen molar-refractivity contribution in [3.8, 4) is 28.6 Å². The summed E-state index contributed by atoms with van der Waals surface area (Å²) in [6, 6.07) is 12.3. The molecule has 0 amide bonds. The quantitative estimate of drug-likeness (QED) is 0.620. The van der Waals surface area contributed by atoms with E-state index in [1.54, 1.807) is 6.07 Å². The van der Waals surface area contributed by atoms with E-state index >= 15 is 0 Å². The summed E-state index contributed by atoms with van der Waals surface area (Å²) in [4.78, 5) is 7.47. The second-order valence-electron chi connectivity index (χ2n) is 5.05. The summed E-state index contributed by atoms with van der Waals surface area (Å²) in [5, 5.41) is 5.03. The second kappa shape index (κ2) is 5.24. The highest BCUT2D eigenvalue weighted by atomic mass is 19.1. The van der Waals surface area contributed by atoms with E-state index in [1.807, 2.05) is 30.5 Å². The summed E-state index contributed by atoms with van der Waals surface area (Å²) in [5.41, 5.74) is 2.31. The Labute approximate surface area is 130 Å². The molecule has 1 N–H and O–H groups in total. The number of ether oxygens (including phenoxy) is 1. The number of benzene rings is 2. The molecule has 0 radical (unpaired) electrons. The van der Waals surface area contributed by atoms with Gasteiger partial charge in [0.2, 0.25) is 5.82 Å². The molecule has 114 valence electrons. The van der Waals surface area contributed by atoms with Crippen molar-refractivity contribution in [2.24, 2.45) is 0 Å². The number of hydrogen-bond acceptors (Lipinski definition) is 4. The van der Waals surface area contributed by atoms with E-state index in [-0.39, 0.29) is 5.75 Å². The molecule has 0 spiro atoms. The zero-order valence-corrected chi connectivity index (χ0v) is 12.2. The molecule has 0 fully saturated rings. The van der Waals surface area contributed by atoms with Gasteiger partial charge in [-0.15, -0.1) is 0 Å². The van der Waals surface area contributed by atoms with Gasteiger partial charge in [-0.2, -0.15) is 4.98 Å². The maximum absolute atomic E-state index is 13.8. The van der Waals surface area contributed by atoms with Crippen LogP contribution in [0, 0.1) is 5.82 Å². The zero-order valence-electron chi connectivity index (χ0n) is 12.2. The molecule has 2 heterocycles. The van der Waals surface area contributed by atoms with Crippen molar-refractivity contribution < 1.29 is 13.7 Å². The van der Waals surface area contributed by atoms with Crippen molar-refractivity contribution in [3.05, 3.63) is 54.5 Å². The first-order valence-corrected chi connectivity index (χ1v) is 7.00. The van der Waals surface area contributed by atoms with E-state index in [0.717, 1.165) is 16.5 Å². The topological polar surface area (TPSA) is 63.9 Å². The minimum Gasteiger partial charge on any atom is -0.494 e. The average Bonchev–Trinajstić information content (AvgIpc) is 3.23. The number of H-pyrrole nitrogens is 1. The molecule has 23 heavy (non-hydrogen) atoms. The lowest BCUT2D eigenvalue weighted by molar-refractivity contribution is 0.386. The van der Waals surface area contributed by atoms with Crippen molar-refractivity contribution in [3.63, 3.8) is 0 Å². The lowest BCUT2D eigenvalue weighted by Crippen LogP contribution is -1.89. The summed E-state index contributed by atoms with van der Waals surface area (Å²) >= 11 is 0. The Hall–Kier alpha value is -3.15. The van der Waals surface area contributed by atoms with Crippen LogP contribution in [0.15, 0.2) is 53.2 Å². The van der Waals surface area contributed by atoms with E-state index in [1.165, 1.54) is 19.2 Å². The molecule has 4 aromatic rings. The minimum absolute atomic E-state index is 0.176. The number of aromatic nitrogens is 3. The van der Waals surface area contributed by atoms with Gasteiger partial charge < -0.3 is 14.2 Å². The van der Waals surface area contributed by atoms with Crippen molar-refractivity contribution in [1.82, 2.24) is 15.1 Å². The highest BCUT2D eigenvalue weighted by Crippen LogP contribution is 2.27. The van der Waals surface area contributed by atoms with Gasteiger partial charge in [-0.05, 0) is 41.8 Å². The van der Waals surface area contributed by atoms with Gasteiger partial charge >= 0.3 is 0 Å². The fourth-order valence-electron chi connectivity index (χ4n) is 2.44. The molecule has 6 heteroatoms. The molecule has 5 nitrogen and oxygen atoms in total. The predicted octanol–water partition coefficient (Wildman–Crippen LogP) is 4.03. The summed E-state index contributed by atoms with van der Waals surface area (Å²) in [5.74, 6) is 0.416. The van der Waals surface area contributed by atoms with Crippen LogP contribution < -0.4 is 4.74 Å². The lowest BCUT2D eigenvalue weighted by atomic mass is 10.1. The van der Waals surface area contributed by atoms with Crippen LogP contribution in [0.4, 0.5) is 4.39 Å². The van der Waals surface area contributed by atoms with Crippen LogP contribution in [0.25, 0.3) is 33.7 Å². The SMILES string of the molecule is COc1ccc(-c2noc(-c3ccc4cc[nH]c4c3)n2)cc1F. The summed E-state index contributed by atoms with van der Waals surface area (Å²) < 4.78 is 24.0. The molecule has 4 rings (SSSR count). The molecule has 0 bridgehead atoms. The summed E-state index contributed by atoms with van der Waals surface area (Å²) in [6.45, 7) is 0. The minimum atomic E-state index is -0.468. The van der Waals surface area contributed by atoms with Gasteiger partial charge in [0.25, 0.3) is 5.89 Å². The van der Waals surface area contributed by atoms with Crippen molar-refractivity contribution in [1.29, 1.82) is 0 Å². The first kappa shape index (κ1) is 13.5. The van der Waals surface area contributed by atoms with Crippen molar-refractivity contribution in [2.45, 2.75) is 0 Å². The fraction of sp³-hybridized carbons (Fsp3) is 0.0588. The van der Waals surface area contributed by atoms with Gasteiger partial charge in [0.15, 0.2) is 11.6 Å². The summed E-state index contributed by atoms with van der Waals surface area (Å²) in [6.07, 6.45) is 1.87. The van der Waals surface area contributed by atoms with E-state index in [9.17, 15) is 4.39 Å². The molecule has 0 saturated carbocycles. The monoisotopic (exact) mass is 309 g/mol. The molecule has 0 unspecified atom stereocenters. The highest BCUT2D eigenvalue weighted by Gasteiger charge is 2.13. The van der Waals surface area contributed by atoms with Crippen molar-refractivity contribution in [2.75, 3.05) is 7.11 Å². The Kier molecular flexibility index (Phi) is 3.08. The largest absolute Gasteiger partial charge is 0.494 e. The molecule has 0 atom stereocenters. The molecular formula is C17H12FN3O2. The van der Waals surface area contributed by atoms with Gasteiger partial charge in [0.1, 0.15) is 0 Å². The number of fused-ring (bicyclic) bond motifs is 1. The lowest BCUT2D eigenvalue weighted by Gasteiger charge is -2.01. The molecule has 0 aliphatic carbocycles. The Morgan fingerprint density at radius 1 is 1.09 bits per heavy atom. The average molecular weight is 309 g/mol. The first-order valence-electron chi connectivity index (χ1n) is 7.00. The third-order valence-corrected chi connectivity index (χ3v) is 3.64. The molecule has 0 aliphatic rings. The van der Waals surface area contributed by atoms with Crippen LogP contribution in [-0.4, -0.2) is 22.2 Å². The van der Waals surface area contributed by atoms with Crippen LogP contribution >= 0.6 is 0 Å². The number of methoxy groups -OCH3 is 1. The number of nitrogens with one attached hydrogen (secondary N) is 1. The van der Waals surface area contributed by atoms with Gasteiger partial charge in [0.05, 0.1) is 7.11 Å². The molecule has 2 aromatic carbocycles. The number of rotatable bonds is 3. The smallest absolute Gasteiger partial charge is 0.258 e. The third-order valence-electron chi connectivity index (χ3n) is 3.64. The Bertz CT molecular complexity index is 990. The predicted molar refractivity (Wildman–Crippen MR) is 83.5 cm³/mol. The van der Waals surface area contributed by atoms with Gasteiger partial charge in [0, 0.05) is 22.8 Å². The number of aromatic amines is 1. The number of halogens is 1. The Balaban J connectivity index is 1.72. The maximum atomic E-state index is 13.8. The van der Waals surface area contributed by atoms with Gasteiger partial charge in [-0.3, -0.25) is 0 Å². The fourth-order valence-corrected chi connectivity index (χ4v) is 2.44. The van der Waals surface area contributed by atoms with E-state index in [4.69, 9.17) is 9.26 Å². The van der Waals surface area contributed by atoms with Crippen LogP contribution in [0.2, 0.25) is 0 Å². The molecule has 0 aliphatic heterocycles. The van der Waals surface area contributed by atoms with E-state index in [2.05, 4.69) is 15.1 Å². The highest BCUT2D eigenvalue weighted by molar-refractivity contribution is 5.83. The second-order valence-corrected chi connectivity index (χ2v) is 5.05. The normalized spacial score (nSPS) is 11.0.